The van der Waals surface area contributed by atoms with Crippen molar-refractivity contribution in [2.24, 2.45) is 0 Å². The summed E-state index contributed by atoms with van der Waals surface area (Å²) in [4.78, 5) is 3.23. The Balaban J connectivity index is 2.69. The van der Waals surface area contributed by atoms with Gasteiger partial charge < -0.3 is 10.1 Å². The highest BCUT2D eigenvalue weighted by molar-refractivity contribution is 5.86. The van der Waals surface area contributed by atoms with Crippen molar-refractivity contribution in [2.75, 3.05) is 0 Å². The Hall–Kier alpha value is -1.28. The summed E-state index contributed by atoms with van der Waals surface area (Å²) in [5, 5.41) is 10.7. The number of hydrogen-bond donors (Lipinski definition) is 2. The van der Waals surface area contributed by atoms with E-state index in [9.17, 15) is 5.11 Å². The minimum absolute atomic E-state index is 0.407. The third-order valence-electron chi connectivity index (χ3n) is 2.66. The number of fused-ring (bicyclic) bond motifs is 1. The molecule has 2 heteroatoms. The summed E-state index contributed by atoms with van der Waals surface area (Å²) in [6.07, 6.45) is 2.50. The highest BCUT2D eigenvalue weighted by Crippen LogP contribution is 2.26. The Morgan fingerprint density at radius 2 is 2.21 bits per heavy atom. The third-order valence-corrected chi connectivity index (χ3v) is 2.66. The highest BCUT2D eigenvalue weighted by Gasteiger charge is 2.09. The lowest BCUT2D eigenvalue weighted by molar-refractivity contribution is 0.201. The first-order valence-electron chi connectivity index (χ1n) is 5.01. The predicted molar refractivity (Wildman–Crippen MR) is 58.3 cm³/mol. The van der Waals surface area contributed by atoms with Crippen LogP contribution in [-0.2, 0) is 6.42 Å². The largest absolute Gasteiger partial charge is 0.389 e. The van der Waals surface area contributed by atoms with Crippen LogP contribution in [-0.4, -0.2) is 10.1 Å². The molecule has 0 unspecified atom stereocenters. The van der Waals surface area contributed by atoms with Crippen LogP contribution in [0.2, 0.25) is 0 Å². The Labute approximate surface area is 83.6 Å². The number of aliphatic hydroxyl groups excluding tert-OH is 1. The number of aromatic amines is 1. The van der Waals surface area contributed by atoms with E-state index in [-0.39, 0.29) is 0 Å². The van der Waals surface area contributed by atoms with Gasteiger partial charge in [0.2, 0.25) is 0 Å². The van der Waals surface area contributed by atoms with Crippen LogP contribution in [0.15, 0.2) is 24.4 Å². The fourth-order valence-corrected chi connectivity index (χ4v) is 1.88. The van der Waals surface area contributed by atoms with E-state index in [1.165, 1.54) is 5.56 Å². The molecule has 1 aromatic carbocycles. The van der Waals surface area contributed by atoms with Gasteiger partial charge in [0.15, 0.2) is 0 Å². The van der Waals surface area contributed by atoms with Crippen LogP contribution in [0.4, 0.5) is 0 Å². The summed E-state index contributed by atoms with van der Waals surface area (Å²) in [6, 6.07) is 6.21. The van der Waals surface area contributed by atoms with Crippen LogP contribution < -0.4 is 0 Å². The molecule has 2 nitrogen and oxygen atoms in total. The number of aromatic nitrogens is 1. The van der Waals surface area contributed by atoms with Crippen molar-refractivity contribution in [2.45, 2.75) is 26.4 Å². The number of H-pyrrole nitrogens is 1. The minimum Gasteiger partial charge on any atom is -0.389 e. The van der Waals surface area contributed by atoms with Crippen LogP contribution in [0.5, 0.6) is 0 Å². The molecule has 74 valence electrons. The predicted octanol–water partition coefficient (Wildman–Crippen LogP) is 2.78. The number of para-hydroxylation sites is 1. The van der Waals surface area contributed by atoms with Gasteiger partial charge in [0.05, 0.1) is 6.10 Å². The van der Waals surface area contributed by atoms with E-state index in [2.05, 4.69) is 18.0 Å². The minimum atomic E-state index is -0.407. The molecule has 2 rings (SSSR count). The van der Waals surface area contributed by atoms with Gasteiger partial charge in [-0.25, -0.2) is 0 Å². The molecule has 0 bridgehead atoms. The zero-order valence-electron chi connectivity index (χ0n) is 8.54. The van der Waals surface area contributed by atoms with Crippen molar-refractivity contribution >= 4 is 10.9 Å². The lowest BCUT2D eigenvalue weighted by Gasteiger charge is -2.03. The highest BCUT2D eigenvalue weighted by atomic mass is 16.3. The number of nitrogens with one attached hydrogen (secondary N) is 1. The summed E-state index contributed by atoms with van der Waals surface area (Å²) >= 11 is 0. The first-order chi connectivity index (χ1) is 6.74. The summed E-state index contributed by atoms with van der Waals surface area (Å²) in [6.45, 7) is 3.93. The van der Waals surface area contributed by atoms with Gasteiger partial charge in [-0.3, -0.25) is 0 Å². The van der Waals surface area contributed by atoms with E-state index in [0.717, 1.165) is 22.9 Å². The number of aliphatic hydroxyl groups is 1. The maximum atomic E-state index is 9.55. The van der Waals surface area contributed by atoms with E-state index in [1.54, 1.807) is 6.92 Å². The number of hydrogen-bond acceptors (Lipinski definition) is 1. The first kappa shape index (κ1) is 9.28. The van der Waals surface area contributed by atoms with E-state index in [0.29, 0.717) is 0 Å². The monoisotopic (exact) mass is 189 g/mol. The average molecular weight is 189 g/mol. The van der Waals surface area contributed by atoms with E-state index >= 15 is 0 Å². The molecule has 0 spiro atoms. The van der Waals surface area contributed by atoms with Gasteiger partial charge in [0.1, 0.15) is 0 Å². The molecule has 0 aliphatic rings. The number of rotatable bonds is 2. The van der Waals surface area contributed by atoms with Crippen molar-refractivity contribution in [3.8, 4) is 0 Å². The Kier molecular flexibility index (Phi) is 2.30. The lowest BCUT2D eigenvalue weighted by Crippen LogP contribution is -1.88. The van der Waals surface area contributed by atoms with Crippen molar-refractivity contribution < 1.29 is 5.11 Å². The van der Waals surface area contributed by atoms with Crippen molar-refractivity contribution in [1.82, 2.24) is 4.98 Å². The zero-order valence-corrected chi connectivity index (χ0v) is 8.54. The Bertz CT molecular complexity index is 443. The fraction of sp³-hybridized carbons (Fsp3) is 0.333. The molecule has 0 aliphatic heterocycles. The standard InChI is InChI=1S/C12H15NO/c1-3-9-5-4-6-10-11(8(2)14)7-13-12(9)10/h4-8,13-14H,3H2,1-2H3/t8-/m0/s1. The van der Waals surface area contributed by atoms with Crippen molar-refractivity contribution in [1.29, 1.82) is 0 Å². The summed E-state index contributed by atoms with van der Waals surface area (Å²) < 4.78 is 0. The lowest BCUT2D eigenvalue weighted by atomic mass is 10.1. The normalized spacial score (nSPS) is 13.4. The summed E-state index contributed by atoms with van der Waals surface area (Å²) in [7, 11) is 0. The molecule has 0 radical (unpaired) electrons. The molecule has 0 amide bonds. The van der Waals surface area contributed by atoms with Crippen LogP contribution >= 0.6 is 0 Å². The van der Waals surface area contributed by atoms with Gasteiger partial charge in [0.25, 0.3) is 0 Å². The van der Waals surface area contributed by atoms with Gasteiger partial charge in [-0.1, -0.05) is 25.1 Å². The molecule has 2 aromatic rings. The number of benzene rings is 1. The second-order valence-electron chi connectivity index (χ2n) is 3.61. The molecule has 0 aliphatic carbocycles. The molecule has 2 N–H and O–H groups in total. The van der Waals surface area contributed by atoms with Gasteiger partial charge in [0, 0.05) is 22.7 Å². The Morgan fingerprint density at radius 3 is 2.86 bits per heavy atom. The van der Waals surface area contributed by atoms with Crippen LogP contribution in [0.3, 0.4) is 0 Å². The van der Waals surface area contributed by atoms with Gasteiger partial charge in [-0.05, 0) is 18.9 Å². The van der Waals surface area contributed by atoms with Crippen molar-refractivity contribution in [3.05, 3.63) is 35.5 Å². The molecule has 1 aromatic heterocycles. The second kappa shape index (κ2) is 3.46. The molecular formula is C12H15NO. The van der Waals surface area contributed by atoms with Gasteiger partial charge in [-0.15, -0.1) is 0 Å². The molecule has 1 atom stereocenters. The average Bonchev–Trinajstić information content (AvgIpc) is 2.60. The van der Waals surface area contributed by atoms with Crippen LogP contribution in [0, 0.1) is 0 Å². The SMILES string of the molecule is CCc1cccc2c([C@H](C)O)c[nH]c12. The smallest absolute Gasteiger partial charge is 0.0782 e. The quantitative estimate of drug-likeness (QED) is 0.748. The maximum Gasteiger partial charge on any atom is 0.0782 e. The van der Waals surface area contributed by atoms with E-state index in [1.807, 2.05) is 18.3 Å². The molecule has 0 saturated carbocycles. The molecule has 0 fully saturated rings. The zero-order chi connectivity index (χ0) is 10.1. The second-order valence-corrected chi connectivity index (χ2v) is 3.61. The van der Waals surface area contributed by atoms with Crippen molar-refractivity contribution in [3.63, 3.8) is 0 Å². The molecule has 0 saturated heterocycles. The fourth-order valence-electron chi connectivity index (χ4n) is 1.88. The molecular weight excluding hydrogens is 174 g/mol. The summed E-state index contributed by atoms with van der Waals surface area (Å²) in [5.74, 6) is 0. The maximum absolute atomic E-state index is 9.55. The van der Waals surface area contributed by atoms with Crippen LogP contribution in [0.1, 0.15) is 31.1 Å². The van der Waals surface area contributed by atoms with Crippen LogP contribution in [0.25, 0.3) is 10.9 Å². The van der Waals surface area contributed by atoms with Gasteiger partial charge in [-0.2, -0.15) is 0 Å². The first-order valence-corrected chi connectivity index (χ1v) is 5.01. The molecule has 14 heavy (non-hydrogen) atoms. The number of aryl methyl sites for hydroxylation is 1. The molecule has 1 heterocycles. The topological polar surface area (TPSA) is 36.0 Å². The Morgan fingerprint density at radius 1 is 1.43 bits per heavy atom. The summed E-state index contributed by atoms with van der Waals surface area (Å²) in [5.41, 5.74) is 3.44. The van der Waals surface area contributed by atoms with Gasteiger partial charge >= 0.3 is 0 Å². The van der Waals surface area contributed by atoms with E-state index in [4.69, 9.17) is 0 Å². The van der Waals surface area contributed by atoms with E-state index < -0.39 is 6.10 Å². The third kappa shape index (κ3) is 1.32.